The molecule has 1 aromatic rings. The Labute approximate surface area is 171 Å². The minimum Gasteiger partial charge on any atom is -0.493 e. The first-order valence-corrected chi connectivity index (χ1v) is 10.3. The largest absolute Gasteiger partial charge is 0.493 e. The van der Waals surface area contributed by atoms with Gasteiger partial charge in [0.2, 0.25) is 0 Å². The molecule has 28 heavy (non-hydrogen) atoms. The van der Waals surface area contributed by atoms with Gasteiger partial charge in [-0.3, -0.25) is 4.99 Å². The quantitative estimate of drug-likeness (QED) is 0.422. The highest BCUT2D eigenvalue weighted by atomic mass is 16.5. The smallest absolute Gasteiger partial charge is 0.191 e. The molecule has 0 spiro atoms. The molecule has 0 aromatic heterocycles. The second-order valence-electron chi connectivity index (χ2n) is 7.76. The second-order valence-corrected chi connectivity index (χ2v) is 7.76. The van der Waals surface area contributed by atoms with Crippen molar-refractivity contribution in [1.82, 2.24) is 15.5 Å². The van der Waals surface area contributed by atoms with Crippen LogP contribution in [0.1, 0.15) is 45.7 Å². The molecule has 0 aliphatic rings. The van der Waals surface area contributed by atoms with Crippen LogP contribution in [0.5, 0.6) is 5.75 Å². The van der Waals surface area contributed by atoms with E-state index in [2.05, 4.69) is 67.5 Å². The molecule has 0 bridgehead atoms. The van der Waals surface area contributed by atoms with Gasteiger partial charge in [-0.25, -0.2) is 0 Å². The van der Waals surface area contributed by atoms with E-state index in [4.69, 9.17) is 9.47 Å². The summed E-state index contributed by atoms with van der Waals surface area (Å²) in [5, 5.41) is 6.84. The fourth-order valence-corrected chi connectivity index (χ4v) is 2.69. The third kappa shape index (κ3) is 9.95. The summed E-state index contributed by atoms with van der Waals surface area (Å²) in [6.45, 7) is 11.6. The van der Waals surface area contributed by atoms with Crippen molar-refractivity contribution in [3.05, 3.63) is 29.8 Å². The van der Waals surface area contributed by atoms with Crippen molar-refractivity contribution in [3.63, 3.8) is 0 Å². The molecule has 2 atom stereocenters. The summed E-state index contributed by atoms with van der Waals surface area (Å²) in [5.74, 6) is 2.21. The lowest BCUT2D eigenvalue weighted by Crippen LogP contribution is -2.43. The van der Waals surface area contributed by atoms with Crippen molar-refractivity contribution in [1.29, 1.82) is 0 Å². The molecule has 2 N–H and O–H groups in total. The number of hydrogen-bond acceptors (Lipinski definition) is 4. The molecule has 0 saturated heterocycles. The molecule has 0 amide bonds. The summed E-state index contributed by atoms with van der Waals surface area (Å²) in [6.07, 6.45) is 1.15. The highest BCUT2D eigenvalue weighted by molar-refractivity contribution is 5.80. The third-order valence-corrected chi connectivity index (χ3v) is 4.34. The minimum absolute atomic E-state index is 0.137. The summed E-state index contributed by atoms with van der Waals surface area (Å²) in [5.41, 5.74) is 1.19. The molecule has 160 valence electrons. The Bertz CT molecular complexity index is 558. The summed E-state index contributed by atoms with van der Waals surface area (Å²) in [4.78, 5) is 6.53. The molecule has 1 rings (SSSR count). The van der Waals surface area contributed by atoms with E-state index in [1.807, 2.05) is 19.1 Å². The Morgan fingerprint density at radius 3 is 2.36 bits per heavy atom. The van der Waals surface area contributed by atoms with Gasteiger partial charge in [0.05, 0.1) is 18.8 Å². The zero-order chi connectivity index (χ0) is 20.9. The first kappa shape index (κ1) is 24.2. The zero-order valence-electron chi connectivity index (χ0n) is 18.8. The topological polar surface area (TPSA) is 58.1 Å². The van der Waals surface area contributed by atoms with Crippen LogP contribution in [-0.4, -0.2) is 64.4 Å². The first-order valence-electron chi connectivity index (χ1n) is 10.3. The predicted octanol–water partition coefficient (Wildman–Crippen LogP) is 3.30. The lowest BCUT2D eigenvalue weighted by atomic mass is 10.1. The molecular weight excluding hydrogens is 352 g/mol. The highest BCUT2D eigenvalue weighted by Crippen LogP contribution is 2.18. The number of nitrogens with one attached hydrogen (secondary N) is 2. The van der Waals surface area contributed by atoms with Gasteiger partial charge in [-0.15, -0.1) is 0 Å². The van der Waals surface area contributed by atoms with Gasteiger partial charge < -0.3 is 25.0 Å². The lowest BCUT2D eigenvalue weighted by molar-refractivity contribution is 0.0548. The van der Waals surface area contributed by atoms with Gasteiger partial charge in [0.25, 0.3) is 0 Å². The van der Waals surface area contributed by atoms with Gasteiger partial charge in [0, 0.05) is 26.7 Å². The second kappa shape index (κ2) is 13.4. The van der Waals surface area contributed by atoms with Crippen molar-refractivity contribution in [3.8, 4) is 5.75 Å². The molecule has 0 aliphatic heterocycles. The Morgan fingerprint density at radius 2 is 1.82 bits per heavy atom. The standard InChI is InChI=1S/C22H40N4O2/c1-8-27-21(13-14-26(6)7)15-24-22(23-5)25-18(4)19-9-11-20(12-10-19)28-16-17(2)3/h9-12,17-18,21H,8,13-16H2,1-7H3,(H2,23,24,25). The van der Waals surface area contributed by atoms with Crippen molar-refractivity contribution in [2.45, 2.75) is 46.3 Å². The average Bonchev–Trinajstić information content (AvgIpc) is 2.67. The summed E-state index contributed by atoms with van der Waals surface area (Å²) >= 11 is 0. The molecule has 1 aromatic carbocycles. The number of rotatable bonds is 12. The van der Waals surface area contributed by atoms with Crippen LogP contribution >= 0.6 is 0 Å². The highest BCUT2D eigenvalue weighted by Gasteiger charge is 2.12. The van der Waals surface area contributed by atoms with Crippen LogP contribution in [0, 0.1) is 5.92 Å². The molecule has 0 radical (unpaired) electrons. The van der Waals surface area contributed by atoms with E-state index in [0.717, 1.165) is 37.8 Å². The van der Waals surface area contributed by atoms with Crippen LogP contribution in [0.2, 0.25) is 0 Å². The number of benzene rings is 1. The lowest BCUT2D eigenvalue weighted by Gasteiger charge is -2.23. The Hall–Kier alpha value is -1.79. The molecule has 6 nitrogen and oxygen atoms in total. The number of guanidine groups is 1. The summed E-state index contributed by atoms with van der Waals surface area (Å²) in [6, 6.07) is 8.39. The van der Waals surface area contributed by atoms with Crippen LogP contribution in [0.25, 0.3) is 0 Å². The SMILES string of the molecule is CCOC(CCN(C)C)CNC(=NC)NC(C)c1ccc(OCC(C)C)cc1. The van der Waals surface area contributed by atoms with Crippen LogP contribution in [0.4, 0.5) is 0 Å². The van der Waals surface area contributed by atoms with E-state index in [9.17, 15) is 0 Å². The van der Waals surface area contributed by atoms with Crippen molar-refractivity contribution >= 4 is 5.96 Å². The maximum absolute atomic E-state index is 5.84. The normalized spacial score (nSPS) is 14.2. The van der Waals surface area contributed by atoms with Gasteiger partial charge in [-0.1, -0.05) is 26.0 Å². The van der Waals surface area contributed by atoms with Gasteiger partial charge in [0.15, 0.2) is 5.96 Å². The Balaban J connectivity index is 2.54. The van der Waals surface area contributed by atoms with Crippen molar-refractivity contribution in [2.24, 2.45) is 10.9 Å². The fourth-order valence-electron chi connectivity index (χ4n) is 2.69. The molecule has 0 fully saturated rings. The Kier molecular flexibility index (Phi) is 11.6. The fraction of sp³-hybridized carbons (Fsp3) is 0.682. The first-order chi connectivity index (χ1) is 13.3. The van der Waals surface area contributed by atoms with Crippen LogP contribution in [-0.2, 0) is 4.74 Å². The van der Waals surface area contributed by atoms with Crippen molar-refractivity contribution < 1.29 is 9.47 Å². The number of hydrogen-bond donors (Lipinski definition) is 2. The van der Waals surface area contributed by atoms with E-state index >= 15 is 0 Å². The van der Waals surface area contributed by atoms with Crippen LogP contribution in [0.3, 0.4) is 0 Å². The van der Waals surface area contributed by atoms with Gasteiger partial charge in [0.1, 0.15) is 5.75 Å². The maximum Gasteiger partial charge on any atom is 0.191 e. The molecule has 6 heteroatoms. The van der Waals surface area contributed by atoms with Crippen LogP contribution in [0.15, 0.2) is 29.3 Å². The minimum atomic E-state index is 0.137. The number of ether oxygens (including phenoxy) is 2. The van der Waals surface area contributed by atoms with Gasteiger partial charge in [-0.05, 0) is 58.0 Å². The summed E-state index contributed by atoms with van der Waals surface area (Å²) < 4.78 is 11.6. The molecule has 0 saturated carbocycles. The van der Waals surface area contributed by atoms with Crippen LogP contribution < -0.4 is 15.4 Å². The zero-order valence-corrected chi connectivity index (χ0v) is 18.8. The van der Waals surface area contributed by atoms with Gasteiger partial charge >= 0.3 is 0 Å². The maximum atomic E-state index is 5.84. The van der Waals surface area contributed by atoms with E-state index in [1.165, 1.54) is 5.56 Å². The number of nitrogens with zero attached hydrogens (tertiary/aromatic N) is 2. The summed E-state index contributed by atoms with van der Waals surface area (Å²) in [7, 11) is 5.95. The Morgan fingerprint density at radius 1 is 1.14 bits per heavy atom. The van der Waals surface area contributed by atoms with E-state index in [-0.39, 0.29) is 12.1 Å². The monoisotopic (exact) mass is 392 g/mol. The molecule has 0 aliphatic carbocycles. The molecule has 0 heterocycles. The van der Waals surface area contributed by atoms with E-state index in [1.54, 1.807) is 7.05 Å². The van der Waals surface area contributed by atoms with E-state index in [0.29, 0.717) is 12.5 Å². The number of aliphatic imine (C=N–C) groups is 1. The molecule has 2 unspecified atom stereocenters. The average molecular weight is 393 g/mol. The third-order valence-electron chi connectivity index (χ3n) is 4.34. The van der Waals surface area contributed by atoms with E-state index < -0.39 is 0 Å². The molecular formula is C22H40N4O2. The van der Waals surface area contributed by atoms with Gasteiger partial charge in [-0.2, -0.15) is 0 Å². The predicted molar refractivity (Wildman–Crippen MR) is 118 cm³/mol. The van der Waals surface area contributed by atoms with Crippen molar-refractivity contribution in [2.75, 3.05) is 47.4 Å².